The van der Waals surface area contributed by atoms with E-state index < -0.39 is 6.04 Å². The number of pyridine rings is 2. The van der Waals surface area contributed by atoms with Crippen LogP contribution in [0.5, 0.6) is 0 Å². The van der Waals surface area contributed by atoms with Crippen molar-refractivity contribution in [1.82, 2.24) is 49.1 Å². The Balaban J connectivity index is 1.11. The molecule has 3 atom stereocenters. The molecule has 16 heteroatoms. The molecule has 274 valence electrons. The van der Waals surface area contributed by atoms with Gasteiger partial charge in [0.2, 0.25) is 0 Å². The Morgan fingerprint density at radius 2 is 1.84 bits per heavy atom. The number of H-pyrrole nitrogens is 1. The summed E-state index contributed by atoms with van der Waals surface area (Å²) in [6.07, 6.45) is 18.6. The maximum absolute atomic E-state index is 15.1. The molecule has 56 heavy (non-hydrogen) atoms. The molecule has 0 saturated carbocycles. The maximum Gasteiger partial charge on any atom is 0.158 e. The number of allylic oxidation sites excluding steroid dienone is 3. The Kier molecular flexibility index (Phi) is 7.99. The highest BCUT2D eigenvalue weighted by Crippen LogP contribution is 2.47. The van der Waals surface area contributed by atoms with E-state index in [1.807, 2.05) is 28.9 Å². The quantitative estimate of drug-likeness (QED) is 0.212. The number of aliphatic imine (C=N–C) groups is 1. The van der Waals surface area contributed by atoms with E-state index in [4.69, 9.17) is 31.8 Å². The van der Waals surface area contributed by atoms with Gasteiger partial charge in [0.05, 0.1) is 59.4 Å². The van der Waals surface area contributed by atoms with E-state index in [0.29, 0.717) is 42.4 Å². The molecule has 0 amide bonds. The fourth-order valence-electron chi connectivity index (χ4n) is 8.06. The van der Waals surface area contributed by atoms with Gasteiger partial charge >= 0.3 is 0 Å². The van der Waals surface area contributed by atoms with Crippen LogP contribution in [0.3, 0.4) is 0 Å². The van der Waals surface area contributed by atoms with Crippen molar-refractivity contribution in [3.8, 4) is 6.07 Å². The molecule has 10 rings (SSSR count). The first-order chi connectivity index (χ1) is 27.4. The van der Waals surface area contributed by atoms with Crippen LogP contribution in [0.25, 0.3) is 11.0 Å². The van der Waals surface area contributed by atoms with Gasteiger partial charge in [0.15, 0.2) is 5.69 Å². The van der Waals surface area contributed by atoms with Gasteiger partial charge in [-0.1, -0.05) is 29.8 Å². The Bertz CT molecular complexity index is 2830. The van der Waals surface area contributed by atoms with Crippen molar-refractivity contribution in [1.29, 1.82) is 5.26 Å². The Hall–Kier alpha value is -7.05. The van der Waals surface area contributed by atoms with Crippen molar-refractivity contribution in [2.75, 3.05) is 22.9 Å². The smallest absolute Gasteiger partial charge is 0.158 e. The van der Waals surface area contributed by atoms with Crippen LogP contribution in [0.2, 0.25) is 5.15 Å². The average molecular weight is 761 g/mol. The third-order valence-electron chi connectivity index (χ3n) is 10.5. The van der Waals surface area contributed by atoms with E-state index in [-0.39, 0.29) is 28.6 Å². The molecule has 3 aliphatic heterocycles. The van der Waals surface area contributed by atoms with Crippen LogP contribution in [-0.2, 0) is 6.42 Å². The summed E-state index contributed by atoms with van der Waals surface area (Å²) < 4.78 is 18.5. The van der Waals surface area contributed by atoms with Gasteiger partial charge < -0.3 is 14.8 Å². The van der Waals surface area contributed by atoms with E-state index in [1.54, 1.807) is 47.8 Å². The van der Waals surface area contributed by atoms with Crippen LogP contribution in [0.4, 0.5) is 16.0 Å². The van der Waals surface area contributed by atoms with Crippen molar-refractivity contribution in [3.05, 3.63) is 160 Å². The van der Waals surface area contributed by atoms with Crippen molar-refractivity contribution in [2.24, 2.45) is 4.99 Å². The molecule has 1 N–H and O–H groups in total. The van der Waals surface area contributed by atoms with Crippen LogP contribution in [-0.4, -0.2) is 68.4 Å². The summed E-state index contributed by atoms with van der Waals surface area (Å²) in [6.45, 7) is 5.48. The Morgan fingerprint density at radius 1 is 0.946 bits per heavy atom. The summed E-state index contributed by atoms with van der Waals surface area (Å²) in [5, 5.41) is 19.5. The van der Waals surface area contributed by atoms with Crippen molar-refractivity contribution >= 4 is 40.5 Å². The zero-order chi connectivity index (χ0) is 37.9. The molecule has 0 aliphatic carbocycles. The number of anilines is 2. The number of fused-ring (bicyclic) bond motifs is 3. The van der Waals surface area contributed by atoms with Gasteiger partial charge in [0, 0.05) is 49.7 Å². The summed E-state index contributed by atoms with van der Waals surface area (Å²) in [7, 11) is 0. The number of nitrogens with one attached hydrogen (secondary N) is 1. The molecule has 7 aromatic rings. The molecule has 0 saturated heterocycles. The topological polar surface area (TPSA) is 157 Å². The Morgan fingerprint density at radius 3 is 2.68 bits per heavy atom. The van der Waals surface area contributed by atoms with Gasteiger partial charge in [-0.05, 0) is 60.0 Å². The second kappa shape index (κ2) is 13.4. The first-order valence-corrected chi connectivity index (χ1v) is 18.3. The zero-order valence-electron chi connectivity index (χ0n) is 29.6. The van der Waals surface area contributed by atoms with Gasteiger partial charge in [0.1, 0.15) is 46.3 Å². The zero-order valence-corrected chi connectivity index (χ0v) is 30.3. The number of imidazole rings is 1. The average Bonchev–Trinajstić information content (AvgIpc) is 3.97. The molecule has 0 bridgehead atoms. The molecule has 0 fully saturated rings. The summed E-state index contributed by atoms with van der Waals surface area (Å²) >= 11 is 6.45. The van der Waals surface area contributed by atoms with Crippen LogP contribution < -0.4 is 9.80 Å². The van der Waals surface area contributed by atoms with E-state index in [0.717, 1.165) is 51.4 Å². The predicted molar refractivity (Wildman–Crippen MR) is 207 cm³/mol. The van der Waals surface area contributed by atoms with Gasteiger partial charge in [-0.25, -0.2) is 33.4 Å². The molecule has 3 aliphatic rings. The highest BCUT2D eigenvalue weighted by molar-refractivity contribution is 6.29. The predicted octanol–water partition coefficient (Wildman–Crippen LogP) is 6.29. The molecule has 0 spiro atoms. The number of aromatic nitrogens is 10. The lowest BCUT2D eigenvalue weighted by Gasteiger charge is -2.42. The summed E-state index contributed by atoms with van der Waals surface area (Å²) in [5.41, 5.74) is 8.56. The minimum atomic E-state index is -0.542. The molecule has 7 aromatic heterocycles. The van der Waals surface area contributed by atoms with Crippen molar-refractivity contribution < 1.29 is 4.39 Å². The first-order valence-electron chi connectivity index (χ1n) is 17.9. The monoisotopic (exact) mass is 760 g/mol. The van der Waals surface area contributed by atoms with Crippen LogP contribution >= 0.6 is 11.6 Å². The number of halogens is 2. The number of nitriles is 1. The van der Waals surface area contributed by atoms with E-state index >= 15 is 4.39 Å². The van der Waals surface area contributed by atoms with E-state index in [1.165, 1.54) is 18.5 Å². The largest absolute Gasteiger partial charge is 0.348 e. The molecular formula is C40H30ClFN14. The van der Waals surface area contributed by atoms with E-state index in [9.17, 15) is 5.26 Å². The number of hydrogen-bond acceptors (Lipinski definition) is 11. The highest BCUT2D eigenvalue weighted by atomic mass is 35.5. The second-order valence-electron chi connectivity index (χ2n) is 13.8. The Labute approximate surface area is 323 Å². The highest BCUT2D eigenvalue weighted by Gasteiger charge is 2.40. The molecule has 14 nitrogen and oxygen atoms in total. The van der Waals surface area contributed by atoms with Crippen LogP contribution in [0.1, 0.15) is 58.5 Å². The molecular weight excluding hydrogens is 731 g/mol. The van der Waals surface area contributed by atoms with Crippen LogP contribution in [0.15, 0.2) is 120 Å². The summed E-state index contributed by atoms with van der Waals surface area (Å²) in [6, 6.07) is 12.3. The lowest BCUT2D eigenvalue weighted by atomic mass is 9.80. The number of hydrogen-bond donors (Lipinski definition) is 1. The van der Waals surface area contributed by atoms with Crippen LogP contribution in [0, 0.1) is 17.1 Å². The van der Waals surface area contributed by atoms with Gasteiger partial charge in [0.25, 0.3) is 0 Å². The number of aromatic amines is 1. The third-order valence-corrected chi connectivity index (χ3v) is 10.7. The van der Waals surface area contributed by atoms with Crippen molar-refractivity contribution in [2.45, 2.75) is 30.8 Å². The third kappa shape index (κ3) is 5.69. The molecule has 0 radical (unpaired) electrons. The molecule has 0 aromatic carbocycles. The SMILES string of the molecule is C=C1/C=C/C=NC2=C(C1)C(c1ccn3nc([C@@H]4c5nc[nH]c5CCN4c4cnc(C#N)cn4)cc3c1)CN(c1cncc(Cl)n1)[C@@H]2c1cc2c(F)cccn2n1. The molecule has 1 unspecified atom stereocenters. The van der Waals surface area contributed by atoms with E-state index in [2.05, 4.69) is 59.5 Å². The van der Waals surface area contributed by atoms with Gasteiger partial charge in [-0.3, -0.25) is 9.98 Å². The fraction of sp³-hybridized carbons (Fsp3) is 0.175. The summed E-state index contributed by atoms with van der Waals surface area (Å²) in [5.74, 6) is 0.610. The lowest BCUT2D eigenvalue weighted by Crippen LogP contribution is -2.40. The minimum absolute atomic E-state index is 0.183. The number of nitrogens with zero attached hydrogens (tertiary/aromatic N) is 13. The second-order valence-corrected chi connectivity index (χ2v) is 14.2. The lowest BCUT2D eigenvalue weighted by molar-refractivity contribution is 0.559. The maximum atomic E-state index is 15.1. The summed E-state index contributed by atoms with van der Waals surface area (Å²) in [4.78, 5) is 35.2. The van der Waals surface area contributed by atoms with Gasteiger partial charge in [-0.2, -0.15) is 15.5 Å². The van der Waals surface area contributed by atoms with Gasteiger partial charge in [-0.15, -0.1) is 0 Å². The first kappa shape index (κ1) is 33.5. The standard InChI is InChI=1S/C40H30ClFN14/c1-23-4-2-8-45-37-27(12-23)28(21-54(36-19-44-18-34(41)50-36)39(37)32-15-33-29(42)5-3-9-56(33)52-32)24-6-11-55-26(13-24)14-31(51-55)40-38-30(48-22-49-38)7-10-53(40)35-20-46-25(16-43)17-47-35/h2-6,8-9,11,13-15,17-20,22,28,39-40H,1,7,10,12,21H2,(H,48,49)/b4-2+,45-8?/t28?,39-,40-/m1/s1. The molecule has 10 heterocycles. The number of rotatable bonds is 5. The normalized spacial score (nSPS) is 20.2. The minimum Gasteiger partial charge on any atom is -0.348 e. The fourth-order valence-corrected chi connectivity index (χ4v) is 8.20. The van der Waals surface area contributed by atoms with Crippen molar-refractivity contribution in [3.63, 3.8) is 0 Å².